The standard InChI is InChI=1S/C20H16ClF2N3O/c21-16-12-15(5-6-18(16)23)26-19-11-14(8-9-24-19)20(27)25-10-7-13-3-1-2-4-17(13)22/h1-6,8-9,11-12H,7,10H2,(H,24,26)(H,25,27). The third-order valence-corrected chi connectivity index (χ3v) is 4.14. The number of aromatic nitrogens is 1. The van der Waals surface area contributed by atoms with Crippen LogP contribution in [0, 0.1) is 11.6 Å². The molecule has 1 heterocycles. The minimum absolute atomic E-state index is 0.0120. The largest absolute Gasteiger partial charge is 0.352 e. The summed E-state index contributed by atoms with van der Waals surface area (Å²) in [5, 5.41) is 5.70. The molecule has 0 aliphatic heterocycles. The molecule has 2 aromatic carbocycles. The molecule has 0 aliphatic carbocycles. The van der Waals surface area contributed by atoms with Crippen LogP contribution in [0.5, 0.6) is 0 Å². The van der Waals surface area contributed by atoms with Crippen LogP contribution in [-0.4, -0.2) is 17.4 Å². The van der Waals surface area contributed by atoms with Gasteiger partial charge in [0.1, 0.15) is 17.5 Å². The Balaban J connectivity index is 1.61. The van der Waals surface area contributed by atoms with Gasteiger partial charge in [0.05, 0.1) is 5.02 Å². The van der Waals surface area contributed by atoms with Crippen molar-refractivity contribution in [2.45, 2.75) is 6.42 Å². The van der Waals surface area contributed by atoms with E-state index in [9.17, 15) is 13.6 Å². The van der Waals surface area contributed by atoms with Crippen molar-refractivity contribution >= 4 is 29.0 Å². The van der Waals surface area contributed by atoms with Crippen LogP contribution in [0.4, 0.5) is 20.3 Å². The van der Waals surface area contributed by atoms with Crippen molar-refractivity contribution < 1.29 is 13.6 Å². The van der Waals surface area contributed by atoms with Gasteiger partial charge in [-0.05, 0) is 48.4 Å². The number of rotatable bonds is 6. The van der Waals surface area contributed by atoms with Gasteiger partial charge in [0.15, 0.2) is 0 Å². The molecule has 0 spiro atoms. The van der Waals surface area contributed by atoms with E-state index in [2.05, 4.69) is 15.6 Å². The van der Waals surface area contributed by atoms with Crippen molar-refractivity contribution in [3.05, 3.63) is 88.6 Å². The number of nitrogens with one attached hydrogen (secondary N) is 2. The summed E-state index contributed by atoms with van der Waals surface area (Å²) < 4.78 is 26.8. The minimum atomic E-state index is -0.516. The molecule has 3 rings (SSSR count). The number of hydrogen-bond acceptors (Lipinski definition) is 3. The fourth-order valence-electron chi connectivity index (χ4n) is 2.48. The van der Waals surface area contributed by atoms with Crippen LogP contribution < -0.4 is 10.6 Å². The van der Waals surface area contributed by atoms with Gasteiger partial charge in [0, 0.05) is 24.0 Å². The highest BCUT2D eigenvalue weighted by atomic mass is 35.5. The van der Waals surface area contributed by atoms with Gasteiger partial charge in [-0.15, -0.1) is 0 Å². The molecule has 4 nitrogen and oxygen atoms in total. The molecule has 138 valence electrons. The van der Waals surface area contributed by atoms with E-state index in [0.717, 1.165) is 0 Å². The summed E-state index contributed by atoms with van der Waals surface area (Å²) in [7, 11) is 0. The monoisotopic (exact) mass is 387 g/mol. The van der Waals surface area contributed by atoms with Crippen LogP contribution in [0.1, 0.15) is 15.9 Å². The number of amides is 1. The SMILES string of the molecule is O=C(NCCc1ccccc1F)c1ccnc(Nc2ccc(F)c(Cl)c2)c1. The van der Waals surface area contributed by atoms with Crippen LogP contribution in [0.25, 0.3) is 0 Å². The minimum Gasteiger partial charge on any atom is -0.352 e. The molecule has 0 saturated heterocycles. The molecule has 2 N–H and O–H groups in total. The lowest BCUT2D eigenvalue weighted by Crippen LogP contribution is -2.26. The maximum absolute atomic E-state index is 13.6. The highest BCUT2D eigenvalue weighted by molar-refractivity contribution is 6.31. The van der Waals surface area contributed by atoms with Gasteiger partial charge in [-0.3, -0.25) is 4.79 Å². The normalized spacial score (nSPS) is 10.5. The predicted molar refractivity (Wildman–Crippen MR) is 101 cm³/mol. The second kappa shape index (κ2) is 8.60. The lowest BCUT2D eigenvalue weighted by atomic mass is 10.1. The first kappa shape index (κ1) is 18.8. The Kier molecular flexibility index (Phi) is 5.98. The van der Waals surface area contributed by atoms with E-state index in [-0.39, 0.29) is 16.7 Å². The summed E-state index contributed by atoms with van der Waals surface area (Å²) in [6, 6.07) is 13.8. The topological polar surface area (TPSA) is 54.0 Å². The lowest BCUT2D eigenvalue weighted by molar-refractivity contribution is 0.0954. The first-order valence-corrected chi connectivity index (χ1v) is 8.60. The third-order valence-electron chi connectivity index (χ3n) is 3.85. The first-order valence-electron chi connectivity index (χ1n) is 8.22. The molecule has 0 unspecified atom stereocenters. The Hall–Kier alpha value is -2.99. The average molecular weight is 388 g/mol. The van der Waals surface area contributed by atoms with Gasteiger partial charge < -0.3 is 10.6 Å². The average Bonchev–Trinajstić information content (AvgIpc) is 2.66. The number of anilines is 2. The third kappa shape index (κ3) is 5.01. The lowest BCUT2D eigenvalue weighted by Gasteiger charge is -2.09. The molecule has 0 atom stereocenters. The van der Waals surface area contributed by atoms with E-state index in [1.165, 1.54) is 30.5 Å². The van der Waals surface area contributed by atoms with Crippen molar-refractivity contribution in [2.24, 2.45) is 0 Å². The maximum atomic E-state index is 13.6. The zero-order chi connectivity index (χ0) is 19.2. The highest BCUT2D eigenvalue weighted by Gasteiger charge is 2.08. The maximum Gasteiger partial charge on any atom is 0.251 e. The van der Waals surface area contributed by atoms with Crippen molar-refractivity contribution in [1.82, 2.24) is 10.3 Å². The van der Waals surface area contributed by atoms with Gasteiger partial charge >= 0.3 is 0 Å². The van der Waals surface area contributed by atoms with E-state index in [4.69, 9.17) is 11.6 Å². The van der Waals surface area contributed by atoms with Crippen molar-refractivity contribution in [2.75, 3.05) is 11.9 Å². The predicted octanol–water partition coefficient (Wildman–Crippen LogP) is 4.73. The molecule has 1 aromatic heterocycles. The number of nitrogens with zero attached hydrogens (tertiary/aromatic N) is 1. The summed E-state index contributed by atoms with van der Waals surface area (Å²) in [6.07, 6.45) is 1.88. The fourth-order valence-corrected chi connectivity index (χ4v) is 2.66. The summed E-state index contributed by atoms with van der Waals surface area (Å²) in [5.41, 5.74) is 1.49. The summed E-state index contributed by atoms with van der Waals surface area (Å²) in [4.78, 5) is 16.4. The smallest absolute Gasteiger partial charge is 0.251 e. The van der Waals surface area contributed by atoms with Crippen LogP contribution in [0.3, 0.4) is 0 Å². The summed E-state index contributed by atoms with van der Waals surface area (Å²) >= 11 is 5.75. The Morgan fingerprint density at radius 1 is 1.04 bits per heavy atom. The number of halogens is 3. The number of pyridine rings is 1. The van der Waals surface area contributed by atoms with Gasteiger partial charge in [0.2, 0.25) is 0 Å². The second-order valence-corrected chi connectivity index (χ2v) is 6.19. The van der Waals surface area contributed by atoms with Crippen LogP contribution in [0.2, 0.25) is 5.02 Å². The molecular formula is C20H16ClF2N3O. The quantitative estimate of drug-likeness (QED) is 0.643. The molecule has 0 radical (unpaired) electrons. The number of hydrogen-bond donors (Lipinski definition) is 2. The molecule has 0 saturated carbocycles. The number of carbonyl (C=O) groups excluding carboxylic acids is 1. The van der Waals surface area contributed by atoms with Gasteiger partial charge in [0.25, 0.3) is 5.91 Å². The molecule has 3 aromatic rings. The van der Waals surface area contributed by atoms with Crippen LogP contribution in [0.15, 0.2) is 60.8 Å². The molecule has 0 bridgehead atoms. The zero-order valence-corrected chi connectivity index (χ0v) is 14.9. The van der Waals surface area contributed by atoms with Crippen LogP contribution in [-0.2, 0) is 6.42 Å². The molecule has 7 heteroatoms. The second-order valence-electron chi connectivity index (χ2n) is 5.78. The Labute approximate surface area is 160 Å². The Bertz CT molecular complexity index is 965. The van der Waals surface area contributed by atoms with E-state index in [1.807, 2.05) is 0 Å². The molecule has 1 amide bonds. The summed E-state index contributed by atoms with van der Waals surface area (Å²) in [5.74, 6) is -0.688. The molecule has 27 heavy (non-hydrogen) atoms. The number of carbonyl (C=O) groups is 1. The summed E-state index contributed by atoms with van der Waals surface area (Å²) in [6.45, 7) is 0.304. The Morgan fingerprint density at radius 3 is 2.63 bits per heavy atom. The van der Waals surface area contributed by atoms with Crippen molar-refractivity contribution in [3.63, 3.8) is 0 Å². The molecule has 0 aliphatic rings. The first-order chi connectivity index (χ1) is 13.0. The van der Waals surface area contributed by atoms with E-state index < -0.39 is 5.82 Å². The van der Waals surface area contributed by atoms with Crippen LogP contribution >= 0.6 is 11.6 Å². The Morgan fingerprint density at radius 2 is 1.85 bits per heavy atom. The van der Waals surface area contributed by atoms with E-state index in [0.29, 0.717) is 35.6 Å². The fraction of sp³-hybridized carbons (Fsp3) is 0.100. The van der Waals surface area contributed by atoms with E-state index >= 15 is 0 Å². The molecular weight excluding hydrogens is 372 g/mol. The highest BCUT2D eigenvalue weighted by Crippen LogP contribution is 2.22. The van der Waals surface area contributed by atoms with E-state index in [1.54, 1.807) is 30.3 Å². The molecule has 0 fully saturated rings. The van der Waals surface area contributed by atoms with Gasteiger partial charge in [-0.1, -0.05) is 29.8 Å². The van der Waals surface area contributed by atoms with Crippen molar-refractivity contribution in [3.8, 4) is 0 Å². The zero-order valence-electron chi connectivity index (χ0n) is 14.2. The number of benzene rings is 2. The van der Waals surface area contributed by atoms with Crippen molar-refractivity contribution in [1.29, 1.82) is 0 Å². The van der Waals surface area contributed by atoms with Gasteiger partial charge in [-0.25, -0.2) is 13.8 Å². The van der Waals surface area contributed by atoms with Gasteiger partial charge in [-0.2, -0.15) is 0 Å².